The number of urea groups is 1. The van der Waals surface area contributed by atoms with Gasteiger partial charge in [0.1, 0.15) is 11.6 Å². The van der Waals surface area contributed by atoms with Crippen LogP contribution in [0, 0.1) is 23.5 Å². The van der Waals surface area contributed by atoms with Crippen molar-refractivity contribution in [2.45, 2.75) is 103 Å². The van der Waals surface area contributed by atoms with Crippen LogP contribution >= 0.6 is 0 Å². The van der Waals surface area contributed by atoms with Crippen LogP contribution in [0.15, 0.2) is 18.2 Å². The number of nitrogens with one attached hydrogen (secondary N) is 1. The predicted octanol–water partition coefficient (Wildman–Crippen LogP) is 7.91. The lowest BCUT2D eigenvalue weighted by molar-refractivity contribution is 0.122. The van der Waals surface area contributed by atoms with Crippen LogP contribution in [0.4, 0.5) is 19.3 Å². The number of hydrogen-bond donors (Lipinski definition) is 1. The smallest absolute Gasteiger partial charge is 0.322 e. The fourth-order valence-electron chi connectivity index (χ4n) is 5.60. The van der Waals surface area contributed by atoms with E-state index < -0.39 is 11.6 Å². The van der Waals surface area contributed by atoms with Gasteiger partial charge in [-0.25, -0.2) is 13.6 Å². The Bertz CT molecular complexity index is 682. The Morgan fingerprint density at radius 1 is 0.935 bits per heavy atom. The molecule has 2 amide bonds. The second kappa shape index (κ2) is 12.4. The van der Waals surface area contributed by atoms with Gasteiger partial charge in [-0.2, -0.15) is 0 Å². The van der Waals surface area contributed by atoms with Crippen LogP contribution in [0.25, 0.3) is 0 Å². The number of carbonyl (C=O) groups is 1. The zero-order valence-corrected chi connectivity index (χ0v) is 19.2. The van der Waals surface area contributed by atoms with Crippen LogP contribution in [-0.2, 0) is 0 Å². The van der Waals surface area contributed by atoms with E-state index in [1.54, 1.807) is 0 Å². The van der Waals surface area contributed by atoms with Crippen molar-refractivity contribution in [1.29, 1.82) is 0 Å². The van der Waals surface area contributed by atoms with Crippen LogP contribution in [0.2, 0.25) is 0 Å². The van der Waals surface area contributed by atoms with E-state index in [9.17, 15) is 13.6 Å². The summed E-state index contributed by atoms with van der Waals surface area (Å²) in [4.78, 5) is 15.0. The molecule has 0 aliphatic heterocycles. The largest absolute Gasteiger partial charge is 0.322 e. The molecule has 2 aliphatic carbocycles. The third kappa shape index (κ3) is 7.18. The number of unbranched alkanes of at least 4 members (excludes halogenated alkanes) is 4. The molecular formula is C26H40F2N2O. The number of rotatable bonds is 9. The SMILES string of the molecule is CCCCCCCN(C(=O)Nc1ccc(F)cc1F)C1CCC(C2CCCCC2)CC1. The van der Waals surface area contributed by atoms with Crippen molar-refractivity contribution >= 4 is 11.7 Å². The molecule has 0 spiro atoms. The van der Waals surface area contributed by atoms with E-state index in [-0.39, 0.29) is 17.8 Å². The Kier molecular flexibility index (Phi) is 9.60. The van der Waals surface area contributed by atoms with Gasteiger partial charge in [-0.3, -0.25) is 0 Å². The van der Waals surface area contributed by atoms with Gasteiger partial charge in [-0.1, -0.05) is 64.7 Å². The molecule has 3 rings (SSSR count). The fraction of sp³-hybridized carbons (Fsp3) is 0.731. The van der Waals surface area contributed by atoms with E-state index in [1.807, 2.05) is 4.90 Å². The van der Waals surface area contributed by atoms with Gasteiger partial charge >= 0.3 is 6.03 Å². The Morgan fingerprint density at radius 2 is 1.61 bits per heavy atom. The number of nitrogens with zero attached hydrogens (tertiary/aromatic N) is 1. The van der Waals surface area contributed by atoms with E-state index in [1.165, 1.54) is 76.3 Å². The molecule has 0 bridgehead atoms. The summed E-state index contributed by atoms with van der Waals surface area (Å²) in [6.45, 7) is 2.90. The van der Waals surface area contributed by atoms with Crippen molar-refractivity contribution in [3.63, 3.8) is 0 Å². The summed E-state index contributed by atoms with van der Waals surface area (Å²) in [7, 11) is 0. The summed E-state index contributed by atoms with van der Waals surface area (Å²) in [5.41, 5.74) is 0.0540. The maximum Gasteiger partial charge on any atom is 0.322 e. The zero-order valence-electron chi connectivity index (χ0n) is 19.2. The van der Waals surface area contributed by atoms with E-state index in [0.717, 1.165) is 43.6 Å². The molecule has 1 aromatic rings. The Labute approximate surface area is 187 Å². The summed E-state index contributed by atoms with van der Waals surface area (Å²) in [5, 5.41) is 2.71. The molecule has 1 N–H and O–H groups in total. The molecule has 1 aromatic carbocycles. The lowest BCUT2D eigenvalue weighted by Crippen LogP contribution is -2.45. The highest BCUT2D eigenvalue weighted by molar-refractivity contribution is 5.89. The molecule has 0 atom stereocenters. The van der Waals surface area contributed by atoms with Crippen LogP contribution in [0.1, 0.15) is 96.8 Å². The minimum absolute atomic E-state index is 0.0540. The van der Waals surface area contributed by atoms with Gasteiger partial charge in [-0.15, -0.1) is 0 Å². The number of hydrogen-bond acceptors (Lipinski definition) is 1. The van der Waals surface area contributed by atoms with Gasteiger partial charge in [0.25, 0.3) is 0 Å². The second-order valence-corrected chi connectivity index (χ2v) is 9.63. The summed E-state index contributed by atoms with van der Waals surface area (Å²) in [6.07, 6.45) is 17.0. The Balaban J connectivity index is 1.59. The van der Waals surface area contributed by atoms with Crippen molar-refractivity contribution in [2.75, 3.05) is 11.9 Å². The van der Waals surface area contributed by atoms with Crippen molar-refractivity contribution in [3.05, 3.63) is 29.8 Å². The quantitative estimate of drug-likeness (QED) is 0.393. The Morgan fingerprint density at radius 3 is 2.29 bits per heavy atom. The predicted molar refractivity (Wildman–Crippen MR) is 123 cm³/mol. The summed E-state index contributed by atoms with van der Waals surface area (Å²) >= 11 is 0. The van der Waals surface area contributed by atoms with E-state index in [2.05, 4.69) is 12.2 Å². The molecule has 0 aromatic heterocycles. The Hall–Kier alpha value is -1.65. The zero-order chi connectivity index (χ0) is 22.1. The van der Waals surface area contributed by atoms with Crippen molar-refractivity contribution in [1.82, 2.24) is 4.90 Å². The van der Waals surface area contributed by atoms with Crippen LogP contribution < -0.4 is 5.32 Å². The standard InChI is InChI=1S/C26H40F2N2O/c1-2-3-4-5-9-18-30(26(31)29-25-17-14-22(27)19-24(25)28)23-15-12-21(13-16-23)20-10-7-6-8-11-20/h14,17,19-21,23H,2-13,15-16,18H2,1H3,(H,29,31). The first-order valence-corrected chi connectivity index (χ1v) is 12.6. The molecule has 3 nitrogen and oxygen atoms in total. The number of benzene rings is 1. The highest BCUT2D eigenvalue weighted by Gasteiger charge is 2.32. The lowest BCUT2D eigenvalue weighted by Gasteiger charge is -2.40. The monoisotopic (exact) mass is 434 g/mol. The van der Waals surface area contributed by atoms with E-state index in [0.29, 0.717) is 6.54 Å². The topological polar surface area (TPSA) is 32.3 Å². The molecule has 5 heteroatoms. The molecule has 2 aliphatic rings. The molecule has 0 heterocycles. The third-order valence-electron chi connectivity index (χ3n) is 7.43. The van der Waals surface area contributed by atoms with E-state index in [4.69, 9.17) is 0 Å². The fourth-order valence-corrected chi connectivity index (χ4v) is 5.60. The van der Waals surface area contributed by atoms with E-state index >= 15 is 0 Å². The number of halogens is 2. The van der Waals surface area contributed by atoms with Crippen molar-refractivity contribution in [2.24, 2.45) is 11.8 Å². The maximum absolute atomic E-state index is 14.1. The highest BCUT2D eigenvalue weighted by atomic mass is 19.1. The van der Waals surface area contributed by atoms with Gasteiger partial charge in [0.05, 0.1) is 5.69 Å². The summed E-state index contributed by atoms with van der Waals surface area (Å²) in [5.74, 6) is 0.321. The number of amides is 2. The molecule has 174 valence electrons. The molecule has 0 radical (unpaired) electrons. The summed E-state index contributed by atoms with van der Waals surface area (Å²) < 4.78 is 27.3. The van der Waals surface area contributed by atoms with Crippen LogP contribution in [0.3, 0.4) is 0 Å². The average Bonchev–Trinajstić information content (AvgIpc) is 2.79. The van der Waals surface area contributed by atoms with Crippen molar-refractivity contribution < 1.29 is 13.6 Å². The molecule has 2 saturated carbocycles. The number of carbonyl (C=O) groups excluding carboxylic acids is 1. The first-order valence-electron chi connectivity index (χ1n) is 12.6. The minimum Gasteiger partial charge on any atom is -0.322 e. The van der Waals surface area contributed by atoms with Gasteiger partial charge in [0.2, 0.25) is 0 Å². The van der Waals surface area contributed by atoms with Gasteiger partial charge in [-0.05, 0) is 56.1 Å². The third-order valence-corrected chi connectivity index (χ3v) is 7.43. The first kappa shape index (κ1) is 24.0. The lowest BCUT2D eigenvalue weighted by atomic mass is 9.72. The normalized spacial score (nSPS) is 22.3. The van der Waals surface area contributed by atoms with Gasteiger partial charge in [0, 0.05) is 18.7 Å². The van der Waals surface area contributed by atoms with Crippen LogP contribution in [-0.4, -0.2) is 23.5 Å². The molecule has 0 unspecified atom stereocenters. The first-order chi connectivity index (χ1) is 15.1. The van der Waals surface area contributed by atoms with Crippen LogP contribution in [0.5, 0.6) is 0 Å². The molecule has 31 heavy (non-hydrogen) atoms. The molecule has 2 fully saturated rings. The molecular weight excluding hydrogens is 394 g/mol. The van der Waals surface area contributed by atoms with Gasteiger partial charge in [0.15, 0.2) is 0 Å². The second-order valence-electron chi connectivity index (χ2n) is 9.63. The minimum atomic E-state index is -0.725. The number of anilines is 1. The maximum atomic E-state index is 14.1. The highest BCUT2D eigenvalue weighted by Crippen LogP contribution is 2.39. The summed E-state index contributed by atoms with van der Waals surface area (Å²) in [6, 6.07) is 3.28. The molecule has 0 saturated heterocycles. The van der Waals surface area contributed by atoms with Gasteiger partial charge < -0.3 is 10.2 Å². The van der Waals surface area contributed by atoms with Crippen molar-refractivity contribution in [3.8, 4) is 0 Å². The average molecular weight is 435 g/mol.